The van der Waals surface area contributed by atoms with E-state index in [1.807, 2.05) is 12.3 Å². The number of hydrogen-bond donors (Lipinski definition) is 1. The fourth-order valence-corrected chi connectivity index (χ4v) is 1.75. The second kappa shape index (κ2) is 8.88. The van der Waals surface area contributed by atoms with Crippen molar-refractivity contribution in [3.8, 4) is 0 Å². The number of anilines is 1. The quantitative estimate of drug-likeness (QED) is 0.696. The topological polar surface area (TPSA) is 37.4 Å². The largest absolute Gasteiger partial charge is 0.377 e. The third kappa shape index (κ3) is 6.55. The van der Waals surface area contributed by atoms with E-state index in [9.17, 15) is 0 Å². The molecule has 1 aromatic heterocycles. The van der Waals surface area contributed by atoms with Crippen molar-refractivity contribution < 1.29 is 4.74 Å². The molecule has 0 saturated heterocycles. The highest BCUT2D eigenvalue weighted by molar-refractivity contribution is 5.45. The molecule has 1 N–H and O–H groups in total. The minimum absolute atomic E-state index is 0.291. The predicted octanol–water partition coefficient (Wildman–Crippen LogP) is 2.44. The van der Waals surface area contributed by atoms with Gasteiger partial charge in [-0.2, -0.15) is 0 Å². The van der Waals surface area contributed by atoms with Gasteiger partial charge in [0.25, 0.3) is 0 Å². The number of aromatic nitrogens is 1. The summed E-state index contributed by atoms with van der Waals surface area (Å²) in [6.45, 7) is 9.79. The Morgan fingerprint density at radius 1 is 1.42 bits per heavy atom. The molecule has 4 nitrogen and oxygen atoms in total. The van der Waals surface area contributed by atoms with E-state index in [2.05, 4.69) is 49.1 Å². The zero-order valence-electron chi connectivity index (χ0n) is 12.6. The van der Waals surface area contributed by atoms with E-state index in [0.29, 0.717) is 6.10 Å². The van der Waals surface area contributed by atoms with Gasteiger partial charge in [0.05, 0.1) is 18.4 Å². The smallest absolute Gasteiger partial charge is 0.0644 e. The van der Waals surface area contributed by atoms with Crippen molar-refractivity contribution in [3.63, 3.8) is 0 Å². The molecule has 0 radical (unpaired) electrons. The van der Waals surface area contributed by atoms with Gasteiger partial charge in [0.15, 0.2) is 0 Å². The van der Waals surface area contributed by atoms with Gasteiger partial charge in [0.1, 0.15) is 0 Å². The first-order valence-corrected chi connectivity index (χ1v) is 7.12. The molecule has 19 heavy (non-hydrogen) atoms. The average Bonchev–Trinajstić information content (AvgIpc) is 2.39. The summed E-state index contributed by atoms with van der Waals surface area (Å²) in [7, 11) is 2.09. The monoisotopic (exact) mass is 265 g/mol. The van der Waals surface area contributed by atoms with Crippen molar-refractivity contribution in [1.82, 2.24) is 10.3 Å². The summed E-state index contributed by atoms with van der Waals surface area (Å²) in [4.78, 5) is 6.58. The van der Waals surface area contributed by atoms with E-state index in [1.165, 1.54) is 5.69 Å². The van der Waals surface area contributed by atoms with Gasteiger partial charge < -0.3 is 15.0 Å². The van der Waals surface area contributed by atoms with Crippen LogP contribution in [0.4, 0.5) is 5.69 Å². The molecule has 0 saturated carbocycles. The Balaban J connectivity index is 2.45. The van der Waals surface area contributed by atoms with Gasteiger partial charge in [-0.25, -0.2) is 0 Å². The Morgan fingerprint density at radius 2 is 2.21 bits per heavy atom. The second-order valence-electron chi connectivity index (χ2n) is 5.02. The van der Waals surface area contributed by atoms with Crippen LogP contribution >= 0.6 is 0 Å². The maximum Gasteiger partial charge on any atom is 0.0644 e. The number of ether oxygens (including phenoxy) is 1. The maximum absolute atomic E-state index is 5.57. The predicted molar refractivity (Wildman–Crippen MR) is 80.6 cm³/mol. The van der Waals surface area contributed by atoms with Gasteiger partial charge in [-0.3, -0.25) is 4.98 Å². The van der Waals surface area contributed by atoms with Crippen LogP contribution in [0.15, 0.2) is 18.3 Å². The van der Waals surface area contributed by atoms with Crippen LogP contribution in [-0.2, 0) is 11.3 Å². The summed E-state index contributed by atoms with van der Waals surface area (Å²) in [6, 6.07) is 4.18. The van der Waals surface area contributed by atoms with Crippen LogP contribution in [-0.4, -0.2) is 37.8 Å². The number of pyridine rings is 1. The molecule has 0 fully saturated rings. The van der Waals surface area contributed by atoms with Gasteiger partial charge in [0.2, 0.25) is 0 Å². The minimum atomic E-state index is 0.291. The Labute approximate surface area is 117 Å². The van der Waals surface area contributed by atoms with Crippen molar-refractivity contribution in [2.45, 2.75) is 39.8 Å². The molecule has 0 amide bonds. The van der Waals surface area contributed by atoms with Gasteiger partial charge >= 0.3 is 0 Å². The first-order valence-electron chi connectivity index (χ1n) is 7.12. The first-order chi connectivity index (χ1) is 9.13. The molecule has 0 bridgehead atoms. The Kier molecular flexibility index (Phi) is 7.45. The summed E-state index contributed by atoms with van der Waals surface area (Å²) < 4.78 is 5.57. The highest BCUT2D eigenvalue weighted by Gasteiger charge is 2.03. The molecule has 0 aliphatic rings. The first kappa shape index (κ1) is 15.9. The van der Waals surface area contributed by atoms with E-state index >= 15 is 0 Å². The van der Waals surface area contributed by atoms with Crippen molar-refractivity contribution in [1.29, 1.82) is 0 Å². The number of rotatable bonds is 9. The van der Waals surface area contributed by atoms with E-state index < -0.39 is 0 Å². The highest BCUT2D eigenvalue weighted by Crippen LogP contribution is 2.12. The van der Waals surface area contributed by atoms with Gasteiger partial charge in [-0.1, -0.05) is 6.92 Å². The van der Waals surface area contributed by atoms with E-state index in [1.54, 1.807) is 0 Å². The van der Waals surface area contributed by atoms with E-state index in [-0.39, 0.29) is 0 Å². The van der Waals surface area contributed by atoms with E-state index in [0.717, 1.165) is 38.4 Å². The fraction of sp³-hybridized carbons (Fsp3) is 0.667. The lowest BCUT2D eigenvalue weighted by molar-refractivity contribution is 0.0846. The lowest BCUT2D eigenvalue weighted by atomic mass is 10.3. The molecule has 0 spiro atoms. The third-order valence-corrected chi connectivity index (χ3v) is 2.85. The zero-order valence-corrected chi connectivity index (χ0v) is 12.6. The highest BCUT2D eigenvalue weighted by atomic mass is 16.5. The number of likely N-dealkylation sites (N-methyl/N-ethyl adjacent to an activating group) is 1. The lowest BCUT2D eigenvalue weighted by Gasteiger charge is -2.20. The molecule has 1 rings (SSSR count). The molecule has 4 heteroatoms. The molecule has 0 aliphatic heterocycles. The lowest BCUT2D eigenvalue weighted by Crippen LogP contribution is -2.24. The second-order valence-corrected chi connectivity index (χ2v) is 5.02. The average molecular weight is 265 g/mol. The van der Waals surface area contributed by atoms with Crippen molar-refractivity contribution in [2.24, 2.45) is 0 Å². The summed E-state index contributed by atoms with van der Waals surface area (Å²) in [5.41, 5.74) is 2.28. The summed E-state index contributed by atoms with van der Waals surface area (Å²) in [5.74, 6) is 0. The Bertz CT molecular complexity index is 355. The van der Waals surface area contributed by atoms with Crippen LogP contribution in [0.5, 0.6) is 0 Å². The van der Waals surface area contributed by atoms with Gasteiger partial charge in [-0.05, 0) is 38.9 Å². The van der Waals surface area contributed by atoms with E-state index in [4.69, 9.17) is 4.74 Å². The fourth-order valence-electron chi connectivity index (χ4n) is 1.75. The molecule has 0 atom stereocenters. The van der Waals surface area contributed by atoms with Crippen LogP contribution in [0.3, 0.4) is 0 Å². The summed E-state index contributed by atoms with van der Waals surface area (Å²) in [5, 5.41) is 3.37. The molecule has 1 heterocycles. The zero-order chi connectivity index (χ0) is 14.1. The van der Waals surface area contributed by atoms with Gasteiger partial charge in [0, 0.05) is 32.0 Å². The molecular weight excluding hydrogens is 238 g/mol. The maximum atomic E-state index is 5.57. The molecule has 0 aromatic carbocycles. The standard InChI is InChI=1S/C15H27N3O/c1-5-7-16-12-14-11-15(6-8-17-14)18(4)9-10-19-13(2)3/h6,8,11,13,16H,5,7,9-10,12H2,1-4H3. The van der Waals surface area contributed by atoms with Crippen LogP contribution in [0, 0.1) is 0 Å². The Morgan fingerprint density at radius 3 is 2.89 bits per heavy atom. The van der Waals surface area contributed by atoms with Crippen molar-refractivity contribution in [2.75, 3.05) is 31.6 Å². The van der Waals surface area contributed by atoms with Crippen molar-refractivity contribution in [3.05, 3.63) is 24.0 Å². The van der Waals surface area contributed by atoms with Crippen molar-refractivity contribution >= 4 is 5.69 Å². The van der Waals surface area contributed by atoms with Crippen LogP contribution < -0.4 is 10.2 Å². The van der Waals surface area contributed by atoms with Crippen LogP contribution in [0.25, 0.3) is 0 Å². The summed E-state index contributed by atoms with van der Waals surface area (Å²) in [6.07, 6.45) is 3.31. The van der Waals surface area contributed by atoms with Crippen LogP contribution in [0.1, 0.15) is 32.9 Å². The molecule has 108 valence electrons. The number of hydrogen-bond acceptors (Lipinski definition) is 4. The minimum Gasteiger partial charge on any atom is -0.377 e. The molecular formula is C15H27N3O. The third-order valence-electron chi connectivity index (χ3n) is 2.85. The molecule has 0 aliphatic carbocycles. The molecule has 1 aromatic rings. The molecule has 0 unspecified atom stereocenters. The summed E-state index contributed by atoms with van der Waals surface area (Å²) >= 11 is 0. The van der Waals surface area contributed by atoms with Crippen LogP contribution in [0.2, 0.25) is 0 Å². The Hall–Kier alpha value is -1.13. The number of nitrogens with zero attached hydrogens (tertiary/aromatic N) is 2. The SMILES string of the molecule is CCCNCc1cc(N(C)CCOC(C)C)ccn1. The number of nitrogens with one attached hydrogen (secondary N) is 1. The van der Waals surface area contributed by atoms with Gasteiger partial charge in [-0.15, -0.1) is 0 Å². The normalized spacial score (nSPS) is 11.0.